The number of esters is 1. The van der Waals surface area contributed by atoms with E-state index in [1.54, 1.807) is 19.1 Å². The lowest BCUT2D eigenvalue weighted by molar-refractivity contribution is -0.137. The highest BCUT2D eigenvalue weighted by Gasteiger charge is 2.09. The van der Waals surface area contributed by atoms with Crippen LogP contribution in [0.25, 0.3) is 6.08 Å². The quantitative estimate of drug-likeness (QED) is 0.639. The fourth-order valence-electron chi connectivity index (χ4n) is 1.34. The predicted molar refractivity (Wildman–Crippen MR) is 65.6 cm³/mol. The van der Waals surface area contributed by atoms with E-state index in [0.29, 0.717) is 11.3 Å². The first-order chi connectivity index (χ1) is 8.58. The summed E-state index contributed by atoms with van der Waals surface area (Å²) in [6.45, 7) is 1.97. The Bertz CT molecular complexity index is 476. The number of carboxylic acids is 1. The minimum atomic E-state index is -1.09. The van der Waals surface area contributed by atoms with Gasteiger partial charge in [0.2, 0.25) is 0 Å². The maximum atomic E-state index is 11.1. The molecule has 1 N–H and O–H groups in total. The highest BCUT2D eigenvalue weighted by molar-refractivity contribution is 5.95. The van der Waals surface area contributed by atoms with Crippen LogP contribution in [0.4, 0.5) is 0 Å². The van der Waals surface area contributed by atoms with Gasteiger partial charge in [-0.05, 0) is 30.7 Å². The van der Waals surface area contributed by atoms with Gasteiger partial charge in [-0.15, -0.1) is 0 Å². The van der Waals surface area contributed by atoms with E-state index in [1.807, 2.05) is 0 Å². The lowest BCUT2D eigenvalue weighted by atomic mass is 10.1. The first kappa shape index (κ1) is 13.8. The molecule has 18 heavy (non-hydrogen) atoms. The second-order valence-corrected chi connectivity index (χ2v) is 3.34. The largest absolute Gasteiger partial charge is 0.497 e. The minimum absolute atomic E-state index is 0.0647. The number of carboxylic acid groups (broad SMARTS) is 1. The molecule has 1 aromatic carbocycles. The van der Waals surface area contributed by atoms with Gasteiger partial charge in [0.25, 0.3) is 0 Å². The molecule has 0 bridgehead atoms. The number of carbonyl (C=O) groups is 2. The van der Waals surface area contributed by atoms with Crippen LogP contribution in [0.3, 0.4) is 0 Å². The Morgan fingerprint density at radius 3 is 2.67 bits per heavy atom. The van der Waals surface area contributed by atoms with E-state index < -0.39 is 11.9 Å². The van der Waals surface area contributed by atoms with E-state index in [-0.39, 0.29) is 12.2 Å². The van der Waals surface area contributed by atoms with E-state index in [0.717, 1.165) is 0 Å². The van der Waals surface area contributed by atoms with Crippen molar-refractivity contribution < 1.29 is 24.2 Å². The number of aromatic carboxylic acids is 1. The molecule has 0 aliphatic heterocycles. The SMILES string of the molecule is CCOC(=O)/C=C/c1ccc(OC)cc1C(=O)O. The van der Waals surface area contributed by atoms with Crippen LogP contribution in [-0.4, -0.2) is 30.8 Å². The van der Waals surface area contributed by atoms with E-state index in [1.165, 1.54) is 25.3 Å². The zero-order chi connectivity index (χ0) is 13.5. The first-order valence-corrected chi connectivity index (χ1v) is 5.34. The van der Waals surface area contributed by atoms with Gasteiger partial charge in [-0.25, -0.2) is 9.59 Å². The highest BCUT2D eigenvalue weighted by Crippen LogP contribution is 2.19. The molecule has 0 saturated carbocycles. The van der Waals surface area contributed by atoms with Crippen molar-refractivity contribution in [1.29, 1.82) is 0 Å². The fraction of sp³-hybridized carbons (Fsp3) is 0.231. The van der Waals surface area contributed by atoms with Crippen LogP contribution in [0.1, 0.15) is 22.8 Å². The normalized spacial score (nSPS) is 10.3. The molecule has 0 atom stereocenters. The topological polar surface area (TPSA) is 72.8 Å². The maximum absolute atomic E-state index is 11.1. The number of benzene rings is 1. The molecule has 0 amide bonds. The van der Waals surface area contributed by atoms with Crippen molar-refractivity contribution in [2.24, 2.45) is 0 Å². The highest BCUT2D eigenvalue weighted by atomic mass is 16.5. The Hall–Kier alpha value is -2.30. The second-order valence-electron chi connectivity index (χ2n) is 3.34. The lowest BCUT2D eigenvalue weighted by Gasteiger charge is -2.04. The molecule has 1 aromatic rings. The van der Waals surface area contributed by atoms with Crippen molar-refractivity contribution in [2.45, 2.75) is 6.92 Å². The smallest absolute Gasteiger partial charge is 0.336 e. The molecule has 1 rings (SSSR count). The third-order valence-corrected chi connectivity index (χ3v) is 2.18. The van der Waals surface area contributed by atoms with Crippen LogP contribution in [-0.2, 0) is 9.53 Å². The van der Waals surface area contributed by atoms with Crippen LogP contribution in [0.15, 0.2) is 24.3 Å². The Balaban J connectivity index is 3.01. The van der Waals surface area contributed by atoms with Crippen molar-refractivity contribution >= 4 is 18.0 Å². The number of hydrogen-bond acceptors (Lipinski definition) is 4. The molecule has 0 aliphatic rings. The third-order valence-electron chi connectivity index (χ3n) is 2.18. The molecule has 0 radical (unpaired) electrons. The van der Waals surface area contributed by atoms with Crippen molar-refractivity contribution in [3.05, 3.63) is 35.4 Å². The molecule has 0 aromatic heterocycles. The van der Waals surface area contributed by atoms with Gasteiger partial charge in [-0.2, -0.15) is 0 Å². The second kappa shape index (κ2) is 6.44. The summed E-state index contributed by atoms with van der Waals surface area (Å²) < 4.78 is 9.66. The Morgan fingerprint density at radius 2 is 2.11 bits per heavy atom. The number of hydrogen-bond donors (Lipinski definition) is 1. The molecule has 0 heterocycles. The number of carbonyl (C=O) groups excluding carboxylic acids is 1. The summed E-state index contributed by atoms with van der Waals surface area (Å²) in [6, 6.07) is 4.59. The zero-order valence-electron chi connectivity index (χ0n) is 10.2. The molecule has 5 heteroatoms. The predicted octanol–water partition coefficient (Wildman–Crippen LogP) is 1.97. The van der Waals surface area contributed by atoms with Gasteiger partial charge in [0, 0.05) is 6.08 Å². The summed E-state index contributed by atoms with van der Waals surface area (Å²) >= 11 is 0. The summed E-state index contributed by atoms with van der Waals surface area (Å²) in [6.07, 6.45) is 2.60. The van der Waals surface area contributed by atoms with Crippen molar-refractivity contribution in [3.8, 4) is 5.75 Å². The third kappa shape index (κ3) is 3.62. The molecule has 0 spiro atoms. The minimum Gasteiger partial charge on any atom is -0.497 e. The number of rotatable bonds is 5. The molecule has 5 nitrogen and oxygen atoms in total. The number of methoxy groups -OCH3 is 1. The van der Waals surface area contributed by atoms with E-state index >= 15 is 0 Å². The summed E-state index contributed by atoms with van der Waals surface area (Å²) in [7, 11) is 1.45. The first-order valence-electron chi connectivity index (χ1n) is 5.34. The standard InChI is InChI=1S/C13H14O5/c1-3-18-12(14)7-5-9-4-6-10(17-2)8-11(9)13(15)16/h4-8H,3H2,1-2H3,(H,15,16)/b7-5+. The van der Waals surface area contributed by atoms with E-state index in [2.05, 4.69) is 0 Å². The van der Waals surface area contributed by atoms with Crippen LogP contribution in [0, 0.1) is 0 Å². The Kier molecular flexibility index (Phi) is 4.92. The lowest BCUT2D eigenvalue weighted by Crippen LogP contribution is -2.02. The van der Waals surface area contributed by atoms with Gasteiger partial charge < -0.3 is 14.6 Å². The average molecular weight is 250 g/mol. The van der Waals surface area contributed by atoms with Gasteiger partial charge in [0.1, 0.15) is 5.75 Å². The van der Waals surface area contributed by atoms with Gasteiger partial charge >= 0.3 is 11.9 Å². The molecule has 0 saturated heterocycles. The van der Waals surface area contributed by atoms with Crippen molar-refractivity contribution in [3.63, 3.8) is 0 Å². The molecular formula is C13H14O5. The van der Waals surface area contributed by atoms with Crippen LogP contribution < -0.4 is 4.74 Å². The molecule has 96 valence electrons. The van der Waals surface area contributed by atoms with Crippen LogP contribution in [0.5, 0.6) is 5.75 Å². The summed E-state index contributed by atoms with van der Waals surface area (Å²) in [5, 5.41) is 9.05. The van der Waals surface area contributed by atoms with E-state index in [4.69, 9.17) is 14.6 Å². The summed E-state index contributed by atoms with van der Waals surface area (Å²) in [4.78, 5) is 22.2. The van der Waals surface area contributed by atoms with Gasteiger partial charge in [-0.3, -0.25) is 0 Å². The fourth-order valence-corrected chi connectivity index (χ4v) is 1.34. The van der Waals surface area contributed by atoms with Gasteiger partial charge in [0.05, 0.1) is 19.3 Å². The van der Waals surface area contributed by atoms with Crippen molar-refractivity contribution in [2.75, 3.05) is 13.7 Å². The van der Waals surface area contributed by atoms with E-state index in [9.17, 15) is 9.59 Å². The molecule has 0 fully saturated rings. The van der Waals surface area contributed by atoms with Crippen molar-refractivity contribution in [1.82, 2.24) is 0 Å². The summed E-state index contributed by atoms with van der Waals surface area (Å²) in [5.41, 5.74) is 0.478. The van der Waals surface area contributed by atoms with Gasteiger partial charge in [0.15, 0.2) is 0 Å². The zero-order valence-corrected chi connectivity index (χ0v) is 10.2. The monoisotopic (exact) mass is 250 g/mol. The molecule has 0 unspecified atom stereocenters. The van der Waals surface area contributed by atoms with Gasteiger partial charge in [-0.1, -0.05) is 6.07 Å². The average Bonchev–Trinajstić information content (AvgIpc) is 2.36. The summed E-state index contributed by atoms with van der Waals surface area (Å²) in [5.74, 6) is -1.15. The maximum Gasteiger partial charge on any atom is 0.336 e. The Morgan fingerprint density at radius 1 is 1.39 bits per heavy atom. The molecule has 0 aliphatic carbocycles. The Labute approximate surface area is 105 Å². The molecular weight excluding hydrogens is 236 g/mol. The van der Waals surface area contributed by atoms with Crippen LogP contribution in [0.2, 0.25) is 0 Å². The van der Waals surface area contributed by atoms with Crippen LogP contribution >= 0.6 is 0 Å². The number of ether oxygens (including phenoxy) is 2.